The molecule has 0 aromatic heterocycles. The molecule has 0 fully saturated rings. The van der Waals surface area contributed by atoms with Gasteiger partial charge in [-0.2, -0.15) is 0 Å². The number of hydrogen-bond donors (Lipinski definition) is 0. The summed E-state index contributed by atoms with van der Waals surface area (Å²) in [6.45, 7) is 27.7. The maximum atomic E-state index is 2.48. The Hall–Kier alpha value is -4.70. The average Bonchev–Trinajstić information content (AvgIpc) is 3.47. The highest BCUT2D eigenvalue weighted by molar-refractivity contribution is 5.88. The number of hydrogen-bond acceptors (Lipinski definition) is 4. The van der Waals surface area contributed by atoms with Crippen LogP contribution in [0.2, 0.25) is 0 Å². The molecule has 0 spiro atoms. The van der Waals surface area contributed by atoms with Gasteiger partial charge in [0.2, 0.25) is 0 Å². The molecule has 0 saturated carbocycles. The lowest BCUT2D eigenvalue weighted by molar-refractivity contribution is 0.317. The first-order chi connectivity index (χ1) is 25.2. The van der Waals surface area contributed by atoms with Crippen molar-refractivity contribution in [3.63, 3.8) is 0 Å². The SMILES string of the molecule is Cc1cc(C)c(C2N(C)c3ccc(-c4ccc5c(c4)N(C)C(C(C)(C)C)N5C)cc3N2C)c(C)c1-c1ccc(-c2c(C)cc(C)c(C(C)(C)C)c2C)cc1. The van der Waals surface area contributed by atoms with E-state index in [1.54, 1.807) is 0 Å². The molecule has 0 amide bonds. The Balaban J connectivity index is 1.23. The highest BCUT2D eigenvalue weighted by atomic mass is 15.4. The number of nitrogens with zero attached hydrogens (tertiary/aromatic N) is 4. The van der Waals surface area contributed by atoms with Gasteiger partial charge >= 0.3 is 0 Å². The molecule has 54 heavy (non-hydrogen) atoms. The maximum absolute atomic E-state index is 2.48. The molecule has 4 nitrogen and oxygen atoms in total. The second-order valence-corrected chi connectivity index (χ2v) is 18.6. The van der Waals surface area contributed by atoms with Gasteiger partial charge in [-0.15, -0.1) is 0 Å². The number of fused-ring (bicyclic) bond motifs is 2. The van der Waals surface area contributed by atoms with Gasteiger partial charge in [0.1, 0.15) is 12.3 Å². The van der Waals surface area contributed by atoms with Gasteiger partial charge in [0.15, 0.2) is 0 Å². The van der Waals surface area contributed by atoms with Gasteiger partial charge < -0.3 is 19.6 Å². The minimum Gasteiger partial charge on any atom is -0.352 e. The molecule has 2 heterocycles. The molecule has 4 heteroatoms. The highest BCUT2D eigenvalue weighted by Gasteiger charge is 2.40. The molecule has 0 bridgehead atoms. The van der Waals surface area contributed by atoms with E-state index >= 15 is 0 Å². The first-order valence-electron chi connectivity index (χ1n) is 19.7. The second kappa shape index (κ2) is 13.0. The van der Waals surface area contributed by atoms with Gasteiger partial charge in [-0.25, -0.2) is 0 Å². The van der Waals surface area contributed by atoms with Crippen LogP contribution in [0.25, 0.3) is 33.4 Å². The topological polar surface area (TPSA) is 13.0 Å². The highest BCUT2D eigenvalue weighted by Crippen LogP contribution is 2.50. The Labute approximate surface area is 326 Å². The smallest absolute Gasteiger partial charge is 0.128 e. The predicted molar refractivity (Wildman–Crippen MR) is 236 cm³/mol. The van der Waals surface area contributed by atoms with Crippen LogP contribution in [0.5, 0.6) is 0 Å². The molecule has 0 N–H and O–H groups in total. The summed E-state index contributed by atoms with van der Waals surface area (Å²) in [6.07, 6.45) is 0.408. The molecule has 2 unspecified atom stereocenters. The molecule has 282 valence electrons. The van der Waals surface area contributed by atoms with Crippen molar-refractivity contribution >= 4 is 22.7 Å². The van der Waals surface area contributed by atoms with E-state index in [0.29, 0.717) is 6.17 Å². The van der Waals surface area contributed by atoms with Crippen LogP contribution in [-0.2, 0) is 5.41 Å². The summed E-state index contributed by atoms with van der Waals surface area (Å²) in [5.41, 5.74) is 24.1. The molecule has 2 aliphatic heterocycles. The predicted octanol–water partition coefficient (Wildman–Crippen LogP) is 12.7. The summed E-state index contributed by atoms with van der Waals surface area (Å²) in [4.78, 5) is 9.82. The summed E-state index contributed by atoms with van der Waals surface area (Å²) >= 11 is 0. The minimum absolute atomic E-state index is 0.0925. The average molecular weight is 719 g/mol. The summed E-state index contributed by atoms with van der Waals surface area (Å²) in [5.74, 6) is 0. The lowest BCUT2D eigenvalue weighted by atomic mass is 9.77. The third-order valence-electron chi connectivity index (χ3n) is 12.5. The maximum Gasteiger partial charge on any atom is 0.128 e. The number of benzene rings is 5. The molecule has 0 radical (unpaired) electrons. The summed E-state index contributed by atoms with van der Waals surface area (Å²) in [5, 5.41) is 0. The van der Waals surface area contributed by atoms with E-state index in [0.717, 1.165) is 0 Å². The van der Waals surface area contributed by atoms with Crippen LogP contribution < -0.4 is 19.6 Å². The summed E-state index contributed by atoms with van der Waals surface area (Å²) in [6, 6.07) is 28.1. The summed E-state index contributed by atoms with van der Waals surface area (Å²) in [7, 11) is 8.98. The van der Waals surface area contributed by atoms with E-state index in [2.05, 4.69) is 204 Å². The fourth-order valence-corrected chi connectivity index (χ4v) is 10.8. The number of rotatable bonds is 4. The van der Waals surface area contributed by atoms with Gasteiger partial charge in [0.25, 0.3) is 0 Å². The third-order valence-corrected chi connectivity index (χ3v) is 12.5. The quantitative estimate of drug-likeness (QED) is 0.183. The van der Waals surface area contributed by atoms with Gasteiger partial charge in [-0.3, -0.25) is 0 Å². The van der Waals surface area contributed by atoms with Crippen LogP contribution in [0.4, 0.5) is 22.7 Å². The monoisotopic (exact) mass is 718 g/mol. The standard InChI is InChI=1S/C50H62N4/c1-29-25-31(3)45(33(5)43(29)35-17-19-36(20-18-35)44-30(2)26-32(4)46(34(44)6)49(7,8)9)47-51(13)39-23-21-37(27-41(39)52(47)14)38-22-24-40-42(28-38)54(16)48(53(40)15)50(10,11)12/h17-28,47-48H,1-16H3. The van der Waals surface area contributed by atoms with E-state index in [4.69, 9.17) is 0 Å². The minimum atomic E-state index is 0.0925. The second-order valence-electron chi connectivity index (χ2n) is 18.6. The van der Waals surface area contributed by atoms with Crippen LogP contribution in [0.15, 0.2) is 72.8 Å². The largest absolute Gasteiger partial charge is 0.352 e. The molecule has 2 aliphatic rings. The lowest BCUT2D eigenvalue weighted by Gasteiger charge is -2.38. The van der Waals surface area contributed by atoms with Crippen LogP contribution in [0, 0.1) is 47.0 Å². The van der Waals surface area contributed by atoms with Crippen molar-refractivity contribution in [1.29, 1.82) is 0 Å². The van der Waals surface area contributed by atoms with Crippen molar-refractivity contribution in [1.82, 2.24) is 0 Å². The van der Waals surface area contributed by atoms with Crippen LogP contribution in [0.3, 0.4) is 0 Å². The lowest BCUT2D eigenvalue weighted by Crippen LogP contribution is -2.48. The van der Waals surface area contributed by atoms with Crippen molar-refractivity contribution in [2.45, 2.75) is 101 Å². The van der Waals surface area contributed by atoms with Crippen LogP contribution in [0.1, 0.15) is 92.2 Å². The van der Waals surface area contributed by atoms with Crippen molar-refractivity contribution in [3.05, 3.63) is 117 Å². The molecule has 7 rings (SSSR count). The Bertz CT molecular complexity index is 2280. The molecule has 0 aliphatic carbocycles. The Morgan fingerprint density at radius 1 is 0.426 bits per heavy atom. The van der Waals surface area contributed by atoms with E-state index in [-0.39, 0.29) is 17.0 Å². The van der Waals surface area contributed by atoms with E-state index in [1.165, 1.54) is 101 Å². The molecule has 5 aromatic rings. The van der Waals surface area contributed by atoms with Gasteiger partial charge in [0, 0.05) is 39.2 Å². The van der Waals surface area contributed by atoms with Crippen molar-refractivity contribution in [3.8, 4) is 33.4 Å². The van der Waals surface area contributed by atoms with E-state index in [1.807, 2.05) is 0 Å². The Kier molecular flexibility index (Phi) is 9.03. The van der Waals surface area contributed by atoms with Gasteiger partial charge in [-0.1, -0.05) is 90.1 Å². The fraction of sp³-hybridized carbons (Fsp3) is 0.400. The molecule has 2 atom stereocenters. The summed E-state index contributed by atoms with van der Waals surface area (Å²) < 4.78 is 0. The fourth-order valence-electron chi connectivity index (χ4n) is 10.8. The number of anilines is 4. The molecule has 0 saturated heterocycles. The normalized spacial score (nSPS) is 17.1. The zero-order chi connectivity index (χ0) is 39.3. The van der Waals surface area contributed by atoms with Crippen LogP contribution in [-0.4, -0.2) is 34.4 Å². The zero-order valence-electron chi connectivity index (χ0n) is 35.9. The van der Waals surface area contributed by atoms with E-state index < -0.39 is 0 Å². The van der Waals surface area contributed by atoms with E-state index in [9.17, 15) is 0 Å². The van der Waals surface area contributed by atoms with Crippen molar-refractivity contribution in [2.75, 3.05) is 47.8 Å². The molecular weight excluding hydrogens is 657 g/mol. The Morgan fingerprint density at radius 2 is 0.833 bits per heavy atom. The Morgan fingerprint density at radius 3 is 1.33 bits per heavy atom. The first-order valence-corrected chi connectivity index (χ1v) is 19.7. The van der Waals surface area contributed by atoms with Crippen molar-refractivity contribution < 1.29 is 0 Å². The van der Waals surface area contributed by atoms with Crippen LogP contribution >= 0.6 is 0 Å². The zero-order valence-corrected chi connectivity index (χ0v) is 35.9. The van der Waals surface area contributed by atoms with Crippen molar-refractivity contribution in [2.24, 2.45) is 5.41 Å². The first kappa shape index (κ1) is 37.6. The van der Waals surface area contributed by atoms with Gasteiger partial charge in [0.05, 0.1) is 22.7 Å². The molecule has 5 aromatic carbocycles. The third kappa shape index (κ3) is 5.88. The molecular formula is C50H62N4. The van der Waals surface area contributed by atoms with Gasteiger partial charge in [-0.05, 0) is 144 Å². The number of aryl methyl sites for hydroxylation is 4.